The molecule has 30 heavy (non-hydrogen) atoms. The van der Waals surface area contributed by atoms with E-state index < -0.39 is 5.67 Å². The largest absolute Gasteiger partial charge is 0.390 e. The highest BCUT2D eigenvalue weighted by Crippen LogP contribution is 2.34. The lowest BCUT2D eigenvalue weighted by Crippen LogP contribution is -2.32. The zero-order valence-corrected chi connectivity index (χ0v) is 17.7. The lowest BCUT2D eigenvalue weighted by Gasteiger charge is -2.28. The Morgan fingerprint density at radius 1 is 1.00 bits per heavy atom. The number of nitrogens with zero attached hydrogens (tertiary/aromatic N) is 2. The number of alkyl halides is 1. The average molecular weight is 429 g/mol. The predicted octanol–water partition coefficient (Wildman–Crippen LogP) is 1.96. The topological polar surface area (TPSA) is 92.2 Å². The van der Waals surface area contributed by atoms with E-state index in [1.165, 1.54) is 0 Å². The lowest BCUT2D eigenvalue weighted by molar-refractivity contribution is -0.0294. The van der Waals surface area contributed by atoms with Crippen LogP contribution in [0.3, 0.4) is 0 Å². The number of rotatable bonds is 16. The van der Waals surface area contributed by atoms with Crippen LogP contribution >= 0.6 is 0 Å². The van der Waals surface area contributed by atoms with Crippen LogP contribution in [0.15, 0.2) is 18.3 Å². The molecule has 0 saturated heterocycles. The molecule has 8 nitrogen and oxygen atoms in total. The number of allylic oxidation sites excluding steroid dienone is 2. The first-order chi connectivity index (χ1) is 14.7. The molecule has 1 N–H and O–H groups in total. The first kappa shape index (κ1) is 24.8. The quantitative estimate of drug-likeness (QED) is 0.400. The van der Waals surface area contributed by atoms with Gasteiger partial charge in [-0.1, -0.05) is 6.08 Å². The number of aromatic nitrogens is 2. The maximum absolute atomic E-state index is 14.9. The second kappa shape index (κ2) is 14.5. The van der Waals surface area contributed by atoms with Gasteiger partial charge >= 0.3 is 0 Å². The number of ether oxygens (including phenoxy) is 5. The van der Waals surface area contributed by atoms with Crippen molar-refractivity contribution in [3.63, 3.8) is 0 Å². The van der Waals surface area contributed by atoms with Crippen molar-refractivity contribution in [2.24, 2.45) is 0 Å². The molecule has 0 bridgehead atoms. The summed E-state index contributed by atoms with van der Waals surface area (Å²) in [5, 5.41) is 9.18. The van der Waals surface area contributed by atoms with Crippen LogP contribution in [0.4, 0.5) is 4.39 Å². The van der Waals surface area contributed by atoms with Gasteiger partial charge in [0.15, 0.2) is 5.82 Å². The number of hydrogen-bond acceptors (Lipinski definition) is 8. The molecular formula is C21H33FN2O6. The Morgan fingerprint density at radius 3 is 2.20 bits per heavy atom. The van der Waals surface area contributed by atoms with E-state index in [9.17, 15) is 9.50 Å². The molecule has 170 valence electrons. The molecule has 1 atom stereocenters. The Balaban J connectivity index is 1.51. The fourth-order valence-corrected chi connectivity index (χ4v) is 2.90. The highest BCUT2D eigenvalue weighted by molar-refractivity contribution is 5.61. The zero-order chi connectivity index (χ0) is 21.5. The van der Waals surface area contributed by atoms with Crippen LogP contribution in [0.1, 0.15) is 30.8 Å². The van der Waals surface area contributed by atoms with Gasteiger partial charge < -0.3 is 28.8 Å². The molecule has 1 aliphatic rings. The Morgan fingerprint density at radius 2 is 1.63 bits per heavy atom. The van der Waals surface area contributed by atoms with Crippen LogP contribution in [0.25, 0.3) is 5.57 Å². The molecule has 1 aromatic rings. The molecule has 1 unspecified atom stereocenters. The Labute approximate surface area is 177 Å². The summed E-state index contributed by atoms with van der Waals surface area (Å²) >= 11 is 0. The van der Waals surface area contributed by atoms with Gasteiger partial charge in [-0.2, -0.15) is 0 Å². The van der Waals surface area contributed by atoms with Crippen LogP contribution < -0.4 is 0 Å². The maximum Gasteiger partial charge on any atom is 0.155 e. The van der Waals surface area contributed by atoms with Crippen molar-refractivity contribution in [3.05, 3.63) is 29.9 Å². The summed E-state index contributed by atoms with van der Waals surface area (Å²) in [6.45, 7) is 3.75. The van der Waals surface area contributed by atoms with Crippen molar-refractivity contribution in [1.29, 1.82) is 0 Å². The van der Waals surface area contributed by atoms with Gasteiger partial charge in [-0.25, -0.2) is 14.4 Å². The van der Waals surface area contributed by atoms with Crippen LogP contribution in [-0.2, 0) is 30.3 Å². The lowest BCUT2D eigenvalue weighted by atomic mass is 9.87. The third-order valence-electron chi connectivity index (χ3n) is 4.63. The Hall–Kier alpha value is -1.49. The van der Waals surface area contributed by atoms with E-state index in [-0.39, 0.29) is 19.6 Å². The summed E-state index contributed by atoms with van der Waals surface area (Å²) in [5.74, 6) is 0.557. The summed E-state index contributed by atoms with van der Waals surface area (Å²) in [6, 6.07) is 1.66. The highest BCUT2D eigenvalue weighted by Gasteiger charge is 2.32. The number of methoxy groups -OCH3 is 1. The van der Waals surface area contributed by atoms with E-state index in [1.54, 1.807) is 19.4 Å². The van der Waals surface area contributed by atoms with E-state index in [0.29, 0.717) is 77.2 Å². The normalized spacial score (nSPS) is 19.1. The summed E-state index contributed by atoms with van der Waals surface area (Å²) in [6.07, 6.45) is 4.59. The first-order valence-electron chi connectivity index (χ1n) is 10.3. The number of aliphatic hydroxyl groups is 1. The minimum Gasteiger partial charge on any atom is -0.390 e. The minimum absolute atomic E-state index is 0.0347. The fraction of sp³-hybridized carbons (Fsp3) is 0.714. The Kier molecular flexibility index (Phi) is 12.0. The standard InChI is InChI=1S/C21H33FN2O6/c1-26-8-9-27-10-11-28-12-13-29-14-15-30-17-21(22)5-2-18(3-6-21)20-23-7-4-19(16-25)24-20/h2,4,7,25H,3,5-6,8-17H2,1H3. The van der Waals surface area contributed by atoms with E-state index in [1.807, 2.05) is 6.08 Å². The molecular weight excluding hydrogens is 395 g/mol. The molecule has 0 radical (unpaired) electrons. The van der Waals surface area contributed by atoms with Crippen molar-refractivity contribution in [1.82, 2.24) is 9.97 Å². The van der Waals surface area contributed by atoms with Gasteiger partial charge in [0.2, 0.25) is 0 Å². The number of hydrogen-bond donors (Lipinski definition) is 1. The van der Waals surface area contributed by atoms with Crippen molar-refractivity contribution in [2.45, 2.75) is 31.5 Å². The molecule has 0 saturated carbocycles. The van der Waals surface area contributed by atoms with E-state index >= 15 is 0 Å². The highest BCUT2D eigenvalue weighted by atomic mass is 19.1. The molecule has 2 rings (SSSR count). The second-order valence-electron chi connectivity index (χ2n) is 7.00. The van der Waals surface area contributed by atoms with Gasteiger partial charge in [0.05, 0.1) is 71.8 Å². The molecule has 0 fully saturated rings. The van der Waals surface area contributed by atoms with Crippen LogP contribution in [0, 0.1) is 0 Å². The fourth-order valence-electron chi connectivity index (χ4n) is 2.90. The van der Waals surface area contributed by atoms with Gasteiger partial charge in [-0.05, 0) is 24.5 Å². The maximum atomic E-state index is 14.9. The van der Waals surface area contributed by atoms with Crippen molar-refractivity contribution in [3.8, 4) is 0 Å². The smallest absolute Gasteiger partial charge is 0.155 e. The third kappa shape index (κ3) is 9.55. The molecule has 9 heteroatoms. The molecule has 0 aliphatic heterocycles. The van der Waals surface area contributed by atoms with Crippen LogP contribution in [-0.4, -0.2) is 87.3 Å². The Bertz CT molecular complexity index is 633. The summed E-state index contributed by atoms with van der Waals surface area (Å²) in [7, 11) is 1.63. The second-order valence-corrected chi connectivity index (χ2v) is 7.00. The van der Waals surface area contributed by atoms with E-state index in [2.05, 4.69) is 9.97 Å². The van der Waals surface area contributed by atoms with Crippen molar-refractivity contribution in [2.75, 3.05) is 66.6 Å². The van der Waals surface area contributed by atoms with Gasteiger partial charge in [-0.3, -0.25) is 0 Å². The zero-order valence-electron chi connectivity index (χ0n) is 17.7. The third-order valence-corrected chi connectivity index (χ3v) is 4.63. The number of halogens is 1. The molecule has 0 aromatic carbocycles. The average Bonchev–Trinajstić information content (AvgIpc) is 2.77. The first-order valence-corrected chi connectivity index (χ1v) is 10.3. The summed E-state index contributed by atoms with van der Waals surface area (Å²) in [4.78, 5) is 8.49. The van der Waals surface area contributed by atoms with E-state index in [0.717, 1.165) is 5.57 Å². The summed E-state index contributed by atoms with van der Waals surface area (Å²) in [5.41, 5.74) is 0.0810. The van der Waals surface area contributed by atoms with Gasteiger partial charge in [-0.15, -0.1) is 0 Å². The number of aliphatic hydroxyl groups excluding tert-OH is 1. The molecule has 1 aromatic heterocycles. The molecule has 1 aliphatic carbocycles. The van der Waals surface area contributed by atoms with Gasteiger partial charge in [0.1, 0.15) is 5.67 Å². The van der Waals surface area contributed by atoms with Crippen molar-refractivity contribution < 1.29 is 33.2 Å². The van der Waals surface area contributed by atoms with Gasteiger partial charge in [0, 0.05) is 19.7 Å². The minimum atomic E-state index is -1.38. The van der Waals surface area contributed by atoms with E-state index in [4.69, 9.17) is 23.7 Å². The van der Waals surface area contributed by atoms with Gasteiger partial charge in [0.25, 0.3) is 0 Å². The monoisotopic (exact) mass is 428 g/mol. The molecule has 0 spiro atoms. The summed E-state index contributed by atoms with van der Waals surface area (Å²) < 4.78 is 41.3. The molecule has 1 heterocycles. The van der Waals surface area contributed by atoms with Crippen LogP contribution in [0.2, 0.25) is 0 Å². The SMILES string of the molecule is COCCOCCOCCOCCOCC1(F)CC=C(c2nccc(CO)n2)CC1. The van der Waals surface area contributed by atoms with Crippen LogP contribution in [0.5, 0.6) is 0 Å². The predicted molar refractivity (Wildman–Crippen MR) is 109 cm³/mol. The molecule has 0 amide bonds. The van der Waals surface area contributed by atoms with Crippen molar-refractivity contribution >= 4 is 5.57 Å².